The Hall–Kier alpha value is -2.50. The Morgan fingerprint density at radius 2 is 1.97 bits per heavy atom. The number of guanidine groups is 1. The number of hydrogen-bond acceptors (Lipinski definition) is 3. The fraction of sp³-hybridized carbons (Fsp3) is 0.364. The Morgan fingerprint density at radius 1 is 1.19 bits per heavy atom. The van der Waals surface area contributed by atoms with E-state index in [9.17, 15) is 18.0 Å². The first kappa shape index (κ1) is 25.8. The minimum atomic E-state index is -4.41. The van der Waals surface area contributed by atoms with E-state index in [0.717, 1.165) is 23.4 Å². The number of amides is 1. The summed E-state index contributed by atoms with van der Waals surface area (Å²) in [5, 5.41) is 9.09. The van der Waals surface area contributed by atoms with Crippen molar-refractivity contribution in [1.82, 2.24) is 10.6 Å². The number of benzene rings is 2. The predicted molar refractivity (Wildman–Crippen MR) is 129 cm³/mol. The van der Waals surface area contributed by atoms with E-state index in [4.69, 9.17) is 4.74 Å². The van der Waals surface area contributed by atoms with Crippen LogP contribution in [0.15, 0.2) is 53.5 Å². The molecule has 32 heavy (non-hydrogen) atoms. The lowest BCUT2D eigenvalue weighted by molar-refractivity contribution is -0.137. The molecular weight excluding hydrogens is 536 g/mol. The van der Waals surface area contributed by atoms with Gasteiger partial charge in [-0.2, -0.15) is 13.2 Å². The van der Waals surface area contributed by atoms with Gasteiger partial charge in [0.15, 0.2) is 5.96 Å². The molecule has 3 rings (SSSR count). The average Bonchev–Trinajstić information content (AvgIpc) is 2.74. The van der Waals surface area contributed by atoms with Crippen molar-refractivity contribution >= 4 is 41.5 Å². The summed E-state index contributed by atoms with van der Waals surface area (Å²) >= 11 is 0. The molecular formula is C22H26F3IN4O2. The third-order valence-electron chi connectivity index (χ3n) is 4.75. The summed E-state index contributed by atoms with van der Waals surface area (Å²) < 4.78 is 43.8. The van der Waals surface area contributed by atoms with Crippen LogP contribution in [0.2, 0.25) is 0 Å². The number of fused-ring (bicyclic) bond motifs is 1. The minimum Gasteiger partial charge on any atom is -0.492 e. The number of rotatable bonds is 7. The largest absolute Gasteiger partial charge is 0.492 e. The van der Waals surface area contributed by atoms with Crippen LogP contribution in [-0.4, -0.2) is 38.1 Å². The average molecular weight is 562 g/mol. The highest BCUT2D eigenvalue weighted by molar-refractivity contribution is 14.0. The highest BCUT2D eigenvalue weighted by atomic mass is 127. The maximum absolute atomic E-state index is 12.8. The number of ether oxygens (including phenoxy) is 1. The molecule has 1 atom stereocenters. The van der Waals surface area contributed by atoms with Crippen LogP contribution < -0.4 is 20.7 Å². The van der Waals surface area contributed by atoms with E-state index in [-0.39, 0.29) is 48.2 Å². The lowest BCUT2D eigenvalue weighted by Crippen LogP contribution is -2.39. The van der Waals surface area contributed by atoms with Crippen LogP contribution in [0.25, 0.3) is 0 Å². The van der Waals surface area contributed by atoms with Crippen LogP contribution in [0.3, 0.4) is 0 Å². The zero-order valence-corrected chi connectivity index (χ0v) is 19.9. The quantitative estimate of drug-likeness (QED) is 0.203. The van der Waals surface area contributed by atoms with Gasteiger partial charge in [-0.1, -0.05) is 24.3 Å². The molecule has 0 radical (unpaired) electrons. The van der Waals surface area contributed by atoms with Crippen molar-refractivity contribution in [3.63, 3.8) is 0 Å². The maximum atomic E-state index is 12.8. The zero-order valence-electron chi connectivity index (χ0n) is 17.5. The van der Waals surface area contributed by atoms with Crippen LogP contribution in [0, 0.1) is 0 Å². The van der Waals surface area contributed by atoms with Crippen molar-refractivity contribution in [3.8, 4) is 5.75 Å². The Bertz CT molecular complexity index is 937. The van der Waals surface area contributed by atoms with Crippen molar-refractivity contribution in [1.29, 1.82) is 0 Å². The molecule has 10 heteroatoms. The number of carbonyl (C=O) groups excluding carboxylic acids is 1. The second-order valence-corrected chi connectivity index (χ2v) is 7.06. The van der Waals surface area contributed by atoms with Crippen LogP contribution in [-0.2, 0) is 11.0 Å². The van der Waals surface area contributed by atoms with E-state index in [1.54, 1.807) is 0 Å². The third kappa shape index (κ3) is 7.28. The van der Waals surface area contributed by atoms with Gasteiger partial charge in [-0.15, -0.1) is 24.0 Å². The van der Waals surface area contributed by atoms with Crippen molar-refractivity contribution in [2.75, 3.05) is 31.6 Å². The third-order valence-corrected chi connectivity index (χ3v) is 4.75. The lowest BCUT2D eigenvalue weighted by Gasteiger charge is -2.24. The molecule has 1 aliphatic heterocycles. The van der Waals surface area contributed by atoms with Gasteiger partial charge in [-0.3, -0.25) is 9.79 Å². The van der Waals surface area contributed by atoms with E-state index in [2.05, 4.69) is 20.9 Å². The number of nitrogens with zero attached hydrogens (tertiary/aromatic N) is 1. The summed E-state index contributed by atoms with van der Waals surface area (Å²) in [5.74, 6) is 0.648. The molecule has 3 N–H and O–H groups in total. The Morgan fingerprint density at radius 3 is 2.72 bits per heavy atom. The summed E-state index contributed by atoms with van der Waals surface area (Å²) in [6.07, 6.45) is -4.05. The summed E-state index contributed by atoms with van der Waals surface area (Å²) in [7, 11) is 0. The van der Waals surface area contributed by atoms with E-state index in [0.29, 0.717) is 32.0 Å². The molecule has 0 aliphatic carbocycles. The van der Waals surface area contributed by atoms with Gasteiger partial charge in [-0.25, -0.2) is 0 Å². The Kier molecular flexibility index (Phi) is 9.60. The molecule has 1 heterocycles. The molecule has 0 aromatic heterocycles. The van der Waals surface area contributed by atoms with E-state index < -0.39 is 11.7 Å². The second-order valence-electron chi connectivity index (χ2n) is 7.06. The second kappa shape index (κ2) is 11.9. The first-order valence-corrected chi connectivity index (χ1v) is 10.1. The summed E-state index contributed by atoms with van der Waals surface area (Å²) in [6.45, 7) is 3.51. The maximum Gasteiger partial charge on any atom is 0.416 e. The van der Waals surface area contributed by atoms with Gasteiger partial charge < -0.3 is 20.7 Å². The van der Waals surface area contributed by atoms with Gasteiger partial charge in [0.05, 0.1) is 18.7 Å². The fourth-order valence-electron chi connectivity index (χ4n) is 3.31. The van der Waals surface area contributed by atoms with Crippen LogP contribution in [0.5, 0.6) is 5.75 Å². The number of anilines is 1. The molecule has 1 amide bonds. The molecule has 0 spiro atoms. The molecule has 174 valence electrons. The van der Waals surface area contributed by atoms with Gasteiger partial charge in [0, 0.05) is 24.6 Å². The highest BCUT2D eigenvalue weighted by Gasteiger charge is 2.30. The Labute approximate surface area is 202 Å². The molecule has 1 unspecified atom stereocenters. The summed E-state index contributed by atoms with van der Waals surface area (Å²) in [4.78, 5) is 16.5. The number of alkyl halides is 3. The monoisotopic (exact) mass is 562 g/mol. The molecule has 0 fully saturated rings. The number of para-hydroxylation sites is 1. The predicted octanol–water partition coefficient (Wildman–Crippen LogP) is 4.38. The van der Waals surface area contributed by atoms with Crippen LogP contribution >= 0.6 is 24.0 Å². The topological polar surface area (TPSA) is 74.8 Å². The SMILES string of the molecule is CCNC(=NCC1CC(=O)Nc2ccccc21)NCCOc1cccc(C(F)(F)F)c1.I. The summed E-state index contributed by atoms with van der Waals surface area (Å²) in [6, 6.07) is 12.4. The number of halogens is 4. The van der Waals surface area contributed by atoms with Gasteiger partial charge in [-0.05, 0) is 36.8 Å². The fourth-order valence-corrected chi connectivity index (χ4v) is 3.31. The molecule has 0 saturated carbocycles. The minimum absolute atomic E-state index is 0. The van der Waals surface area contributed by atoms with Gasteiger partial charge in [0.2, 0.25) is 5.91 Å². The van der Waals surface area contributed by atoms with Crippen molar-refractivity contribution in [3.05, 3.63) is 59.7 Å². The van der Waals surface area contributed by atoms with Crippen molar-refractivity contribution < 1.29 is 22.7 Å². The summed E-state index contributed by atoms with van der Waals surface area (Å²) in [5.41, 5.74) is 1.12. The van der Waals surface area contributed by atoms with Crippen molar-refractivity contribution in [2.45, 2.75) is 25.4 Å². The molecule has 1 aliphatic rings. The first-order chi connectivity index (χ1) is 14.9. The van der Waals surface area contributed by atoms with E-state index >= 15 is 0 Å². The standard InChI is InChI=1S/C22H25F3N4O2.HI/c1-2-26-21(27-10-11-31-17-7-5-6-16(13-17)22(23,24)25)28-14-15-12-20(30)29-19-9-4-3-8-18(15)19;/h3-9,13,15H,2,10-12,14H2,1H3,(H,29,30)(H2,26,27,28);1H. The van der Waals surface area contributed by atoms with E-state index in [1.807, 2.05) is 31.2 Å². The molecule has 2 aromatic rings. The number of nitrogens with one attached hydrogen (secondary N) is 3. The van der Waals surface area contributed by atoms with E-state index in [1.165, 1.54) is 12.1 Å². The number of aliphatic imine (C=N–C) groups is 1. The molecule has 0 bridgehead atoms. The normalized spacial score (nSPS) is 15.8. The smallest absolute Gasteiger partial charge is 0.416 e. The lowest BCUT2D eigenvalue weighted by atomic mass is 9.91. The zero-order chi connectivity index (χ0) is 22.3. The number of carbonyl (C=O) groups is 1. The number of hydrogen-bond donors (Lipinski definition) is 3. The molecule has 2 aromatic carbocycles. The van der Waals surface area contributed by atoms with Crippen LogP contribution in [0.4, 0.5) is 18.9 Å². The molecule has 6 nitrogen and oxygen atoms in total. The van der Waals surface area contributed by atoms with Gasteiger partial charge in [0.1, 0.15) is 12.4 Å². The highest BCUT2D eigenvalue weighted by Crippen LogP contribution is 2.32. The Balaban J connectivity index is 0.00000363. The molecule has 0 saturated heterocycles. The van der Waals surface area contributed by atoms with Gasteiger partial charge in [0.25, 0.3) is 0 Å². The van der Waals surface area contributed by atoms with Crippen LogP contribution in [0.1, 0.15) is 30.4 Å². The van der Waals surface area contributed by atoms with Crippen molar-refractivity contribution in [2.24, 2.45) is 4.99 Å². The first-order valence-electron chi connectivity index (χ1n) is 10.1. The van der Waals surface area contributed by atoms with Gasteiger partial charge >= 0.3 is 6.18 Å².